The number of esters is 1. The van der Waals surface area contributed by atoms with Crippen molar-refractivity contribution in [2.24, 2.45) is 10.9 Å². The Morgan fingerprint density at radius 1 is 1.27 bits per heavy atom. The highest BCUT2D eigenvalue weighted by molar-refractivity contribution is 7.07. The predicted molar refractivity (Wildman–Crippen MR) is 110 cm³/mol. The SMILES string of the molecule is COC(=O)C1C2c3ccccc3OC1(C)N=c1sc(=Cc3ccc(O)cc3)c(=O)n12. The first-order valence-corrected chi connectivity index (χ1v) is 10.2. The number of aromatic nitrogens is 1. The Kier molecular flexibility index (Phi) is 4.08. The number of hydrogen-bond donors (Lipinski definition) is 1. The van der Waals surface area contributed by atoms with Crippen molar-refractivity contribution in [3.63, 3.8) is 0 Å². The zero-order valence-electron chi connectivity index (χ0n) is 16.2. The summed E-state index contributed by atoms with van der Waals surface area (Å²) in [5, 5.41) is 9.49. The van der Waals surface area contributed by atoms with Gasteiger partial charge in [-0.2, -0.15) is 0 Å². The molecule has 0 spiro atoms. The lowest BCUT2D eigenvalue weighted by Gasteiger charge is -2.44. The minimum atomic E-state index is -1.18. The molecule has 3 aromatic rings. The molecule has 8 heteroatoms. The maximum atomic E-state index is 13.4. The lowest BCUT2D eigenvalue weighted by atomic mass is 9.81. The van der Waals surface area contributed by atoms with E-state index in [1.807, 2.05) is 24.3 Å². The molecular weight excluding hydrogens is 404 g/mol. The first kappa shape index (κ1) is 18.6. The number of phenols is 1. The molecule has 0 fully saturated rings. The summed E-state index contributed by atoms with van der Waals surface area (Å²) in [6, 6.07) is 13.4. The third kappa shape index (κ3) is 2.68. The van der Waals surface area contributed by atoms with Crippen molar-refractivity contribution in [1.82, 2.24) is 4.57 Å². The third-order valence-corrected chi connectivity index (χ3v) is 6.51. The average Bonchev–Trinajstić information content (AvgIpc) is 3.02. The van der Waals surface area contributed by atoms with E-state index in [1.165, 1.54) is 18.4 Å². The van der Waals surface area contributed by atoms with Crippen LogP contribution in [0.2, 0.25) is 0 Å². The predicted octanol–water partition coefficient (Wildman–Crippen LogP) is 1.56. The molecule has 2 aromatic carbocycles. The lowest BCUT2D eigenvalue weighted by molar-refractivity contribution is -0.158. The number of benzene rings is 2. The van der Waals surface area contributed by atoms with Crippen LogP contribution in [0.15, 0.2) is 58.3 Å². The fourth-order valence-electron chi connectivity index (χ4n) is 4.15. The smallest absolute Gasteiger partial charge is 0.317 e. The molecule has 0 radical (unpaired) electrons. The van der Waals surface area contributed by atoms with E-state index in [1.54, 1.807) is 41.8 Å². The first-order chi connectivity index (χ1) is 14.4. The van der Waals surface area contributed by atoms with Crippen LogP contribution in [0.4, 0.5) is 0 Å². The molecule has 3 unspecified atom stereocenters. The van der Waals surface area contributed by atoms with Gasteiger partial charge in [0.15, 0.2) is 4.80 Å². The van der Waals surface area contributed by atoms with Gasteiger partial charge in [-0.25, -0.2) is 4.99 Å². The van der Waals surface area contributed by atoms with Crippen molar-refractivity contribution < 1.29 is 19.4 Å². The Bertz CT molecular complexity index is 1340. The van der Waals surface area contributed by atoms with Crippen LogP contribution in [0.5, 0.6) is 11.5 Å². The molecule has 30 heavy (non-hydrogen) atoms. The van der Waals surface area contributed by atoms with Gasteiger partial charge in [0, 0.05) is 5.56 Å². The summed E-state index contributed by atoms with van der Waals surface area (Å²) < 4.78 is 13.3. The minimum absolute atomic E-state index is 0.153. The maximum absolute atomic E-state index is 13.4. The molecule has 0 amide bonds. The van der Waals surface area contributed by atoms with Gasteiger partial charge in [-0.05, 0) is 36.8 Å². The number of carbonyl (C=O) groups excluding carboxylic acids is 1. The van der Waals surface area contributed by atoms with E-state index < -0.39 is 23.7 Å². The standard InChI is InChI=1S/C22H18N2O5S/c1-22-17(20(27)28-2)18(14-5-3-4-6-15(14)29-22)24-19(26)16(30-21(24)23-22)11-12-7-9-13(25)10-8-12/h3-11,17-18,25H,1-2H3. The van der Waals surface area contributed by atoms with Gasteiger partial charge in [-0.15, -0.1) is 0 Å². The summed E-state index contributed by atoms with van der Waals surface area (Å²) in [5.41, 5.74) is 0.112. The molecule has 0 saturated carbocycles. The van der Waals surface area contributed by atoms with E-state index in [0.717, 1.165) is 11.1 Å². The monoisotopic (exact) mass is 422 g/mol. The second kappa shape index (κ2) is 6.56. The number of rotatable bonds is 2. The lowest BCUT2D eigenvalue weighted by Crippen LogP contribution is -2.58. The Balaban J connectivity index is 1.79. The highest BCUT2D eigenvalue weighted by Crippen LogP contribution is 2.47. The topological polar surface area (TPSA) is 90.1 Å². The molecule has 3 atom stereocenters. The van der Waals surface area contributed by atoms with Gasteiger partial charge in [0.05, 0.1) is 17.7 Å². The summed E-state index contributed by atoms with van der Waals surface area (Å²) >= 11 is 1.25. The van der Waals surface area contributed by atoms with Gasteiger partial charge in [0.25, 0.3) is 5.56 Å². The van der Waals surface area contributed by atoms with E-state index in [9.17, 15) is 14.7 Å². The van der Waals surface area contributed by atoms with Gasteiger partial charge in [0.1, 0.15) is 17.4 Å². The summed E-state index contributed by atoms with van der Waals surface area (Å²) in [5.74, 6) is -0.519. The average molecular weight is 422 g/mol. The van der Waals surface area contributed by atoms with Crippen LogP contribution < -0.4 is 19.6 Å². The molecule has 1 N–H and O–H groups in total. The number of fused-ring (bicyclic) bond motifs is 6. The Morgan fingerprint density at radius 2 is 2.00 bits per heavy atom. The van der Waals surface area contributed by atoms with Gasteiger partial charge in [0.2, 0.25) is 5.72 Å². The number of thiazole rings is 1. The summed E-state index contributed by atoms with van der Waals surface area (Å²) in [6.45, 7) is 1.74. The Hall–Kier alpha value is -3.39. The zero-order valence-corrected chi connectivity index (χ0v) is 17.1. The van der Waals surface area contributed by atoms with E-state index >= 15 is 0 Å². The molecular formula is C22H18N2O5S. The second-order valence-electron chi connectivity index (χ2n) is 7.41. The van der Waals surface area contributed by atoms with E-state index in [-0.39, 0.29) is 11.3 Å². The van der Waals surface area contributed by atoms with Crippen LogP contribution in [-0.2, 0) is 9.53 Å². The van der Waals surface area contributed by atoms with Crippen molar-refractivity contribution >= 4 is 23.4 Å². The molecule has 7 nitrogen and oxygen atoms in total. The highest BCUT2D eigenvalue weighted by Gasteiger charge is 2.55. The van der Waals surface area contributed by atoms with Gasteiger partial charge >= 0.3 is 5.97 Å². The molecule has 2 aliphatic rings. The van der Waals surface area contributed by atoms with E-state index in [0.29, 0.717) is 15.1 Å². The van der Waals surface area contributed by atoms with Crippen LogP contribution in [0.3, 0.4) is 0 Å². The molecule has 2 bridgehead atoms. The molecule has 5 rings (SSSR count). The number of nitrogens with zero attached hydrogens (tertiary/aromatic N) is 2. The summed E-state index contributed by atoms with van der Waals surface area (Å²) in [7, 11) is 1.32. The number of ether oxygens (including phenoxy) is 2. The summed E-state index contributed by atoms with van der Waals surface area (Å²) in [4.78, 5) is 31.3. The van der Waals surface area contributed by atoms with Crippen molar-refractivity contribution in [3.05, 3.63) is 79.3 Å². The van der Waals surface area contributed by atoms with E-state index in [2.05, 4.69) is 4.99 Å². The zero-order chi connectivity index (χ0) is 21.0. The number of carbonyl (C=O) groups is 1. The van der Waals surface area contributed by atoms with Crippen LogP contribution in [0.1, 0.15) is 24.1 Å². The van der Waals surface area contributed by atoms with Crippen LogP contribution >= 0.6 is 11.3 Å². The number of methoxy groups -OCH3 is 1. The van der Waals surface area contributed by atoms with Gasteiger partial charge in [-0.3, -0.25) is 14.2 Å². The normalized spacial score (nSPS) is 24.3. The largest absolute Gasteiger partial charge is 0.508 e. The molecule has 2 aliphatic heterocycles. The first-order valence-electron chi connectivity index (χ1n) is 9.39. The maximum Gasteiger partial charge on any atom is 0.317 e. The molecule has 1 aromatic heterocycles. The van der Waals surface area contributed by atoms with Gasteiger partial charge < -0.3 is 14.6 Å². The van der Waals surface area contributed by atoms with Crippen molar-refractivity contribution in [3.8, 4) is 11.5 Å². The highest BCUT2D eigenvalue weighted by atomic mass is 32.1. The third-order valence-electron chi connectivity index (χ3n) is 5.53. The van der Waals surface area contributed by atoms with Crippen molar-refractivity contribution in [2.45, 2.75) is 18.7 Å². The molecule has 152 valence electrons. The fraction of sp³-hybridized carbons (Fsp3) is 0.227. The molecule has 3 heterocycles. The van der Waals surface area contributed by atoms with Crippen LogP contribution in [0, 0.1) is 5.92 Å². The number of aromatic hydroxyl groups is 1. The number of phenolic OH excluding ortho intramolecular Hbond substituents is 1. The number of para-hydroxylation sites is 1. The van der Waals surface area contributed by atoms with E-state index in [4.69, 9.17) is 9.47 Å². The Morgan fingerprint density at radius 3 is 2.73 bits per heavy atom. The van der Waals surface area contributed by atoms with Crippen molar-refractivity contribution in [2.75, 3.05) is 7.11 Å². The number of hydrogen-bond acceptors (Lipinski definition) is 7. The van der Waals surface area contributed by atoms with Crippen LogP contribution in [-0.4, -0.2) is 28.5 Å². The molecule has 0 saturated heterocycles. The van der Waals surface area contributed by atoms with Crippen molar-refractivity contribution in [1.29, 1.82) is 0 Å². The fourth-order valence-corrected chi connectivity index (χ4v) is 5.25. The van der Waals surface area contributed by atoms with Crippen LogP contribution in [0.25, 0.3) is 6.08 Å². The summed E-state index contributed by atoms with van der Waals surface area (Å²) in [6.07, 6.45) is 1.75. The minimum Gasteiger partial charge on any atom is -0.508 e. The Labute approximate surface area is 175 Å². The second-order valence-corrected chi connectivity index (χ2v) is 8.42. The quantitative estimate of drug-likeness (QED) is 0.633. The van der Waals surface area contributed by atoms with Gasteiger partial charge in [-0.1, -0.05) is 41.7 Å². The molecule has 0 aliphatic carbocycles.